The predicted octanol–water partition coefficient (Wildman–Crippen LogP) is 2.84. The van der Waals surface area contributed by atoms with E-state index in [0.717, 1.165) is 11.3 Å². The summed E-state index contributed by atoms with van der Waals surface area (Å²) >= 11 is 1.39. The zero-order valence-electron chi connectivity index (χ0n) is 21.6. The largest absolute Gasteiger partial charge is 0.338 e. The fourth-order valence-corrected chi connectivity index (χ4v) is 5.59. The van der Waals surface area contributed by atoms with E-state index in [4.69, 9.17) is 4.98 Å². The van der Waals surface area contributed by atoms with Crippen molar-refractivity contribution in [1.29, 1.82) is 0 Å². The Morgan fingerprint density at radius 1 is 1.08 bits per heavy atom. The summed E-state index contributed by atoms with van der Waals surface area (Å²) in [6, 6.07) is 4.42. The van der Waals surface area contributed by atoms with Crippen LogP contribution in [-0.4, -0.2) is 34.6 Å². The highest BCUT2D eigenvalue weighted by molar-refractivity contribution is 7.98. The number of aryl methyl sites for hydroxylation is 2. The van der Waals surface area contributed by atoms with Crippen LogP contribution in [0.15, 0.2) is 32.6 Å². The standard InChI is InChI=1S/C25H27FN8O3S/c1-12-6-9-16(15(26)10-12)27-21-18-19(13(2)22(35)32(21)5)34(25(37)33(23(18)36)14-7-8-14)24-28-20-17(31(24)4)11-30(3)38-29-20/h6,9-10,14,27,29H,7-8,11H2,1-5H3. The minimum Gasteiger partial charge on any atom is -0.338 e. The number of pyridine rings is 1. The van der Waals surface area contributed by atoms with Gasteiger partial charge < -0.3 is 9.88 Å². The minimum absolute atomic E-state index is 0.110. The van der Waals surface area contributed by atoms with Gasteiger partial charge in [0.15, 0.2) is 5.82 Å². The van der Waals surface area contributed by atoms with Gasteiger partial charge in [-0.2, -0.15) is 4.98 Å². The van der Waals surface area contributed by atoms with Gasteiger partial charge in [0.05, 0.1) is 23.4 Å². The van der Waals surface area contributed by atoms with Gasteiger partial charge in [-0.05, 0) is 51.4 Å². The molecule has 0 unspecified atom stereocenters. The van der Waals surface area contributed by atoms with E-state index in [9.17, 15) is 18.8 Å². The van der Waals surface area contributed by atoms with E-state index in [1.165, 1.54) is 38.9 Å². The van der Waals surface area contributed by atoms with Crippen molar-refractivity contribution in [3.8, 4) is 5.95 Å². The molecule has 2 N–H and O–H groups in total. The predicted molar refractivity (Wildman–Crippen MR) is 146 cm³/mol. The van der Waals surface area contributed by atoms with Crippen molar-refractivity contribution in [2.24, 2.45) is 14.1 Å². The van der Waals surface area contributed by atoms with Gasteiger partial charge in [-0.1, -0.05) is 6.07 Å². The lowest BCUT2D eigenvalue weighted by Gasteiger charge is -2.22. The number of anilines is 3. The third kappa shape index (κ3) is 3.60. The van der Waals surface area contributed by atoms with Crippen molar-refractivity contribution in [2.45, 2.75) is 39.3 Å². The first-order valence-corrected chi connectivity index (χ1v) is 13.0. The molecule has 0 spiro atoms. The molecule has 1 saturated carbocycles. The van der Waals surface area contributed by atoms with Crippen LogP contribution in [0.3, 0.4) is 0 Å². The lowest BCUT2D eigenvalue weighted by Crippen LogP contribution is -2.42. The molecule has 11 nitrogen and oxygen atoms in total. The molecule has 0 bridgehead atoms. The highest BCUT2D eigenvalue weighted by Crippen LogP contribution is 2.35. The van der Waals surface area contributed by atoms with Gasteiger partial charge in [0.2, 0.25) is 5.95 Å². The Kier molecular flexibility index (Phi) is 5.54. The van der Waals surface area contributed by atoms with E-state index in [1.807, 2.05) is 11.4 Å². The number of nitrogens with zero attached hydrogens (tertiary/aromatic N) is 6. The van der Waals surface area contributed by atoms with Crippen LogP contribution in [0.25, 0.3) is 16.9 Å². The number of nitrogens with one attached hydrogen (secondary N) is 2. The maximum Gasteiger partial charge on any atom is 0.338 e. The Hall–Kier alpha value is -3.84. The lowest BCUT2D eigenvalue weighted by atomic mass is 10.1. The van der Waals surface area contributed by atoms with E-state index >= 15 is 0 Å². The lowest BCUT2D eigenvalue weighted by molar-refractivity contribution is 0.535. The number of benzene rings is 1. The van der Waals surface area contributed by atoms with Gasteiger partial charge in [0, 0.05) is 37.8 Å². The van der Waals surface area contributed by atoms with Crippen LogP contribution in [0.1, 0.15) is 35.7 Å². The van der Waals surface area contributed by atoms with Gasteiger partial charge in [-0.3, -0.25) is 23.4 Å². The topological polar surface area (TPSA) is 111 Å². The second-order valence-electron chi connectivity index (χ2n) is 9.94. The van der Waals surface area contributed by atoms with Crippen LogP contribution >= 0.6 is 12.1 Å². The highest BCUT2D eigenvalue weighted by atomic mass is 32.2. The number of halogens is 1. The SMILES string of the molecule is Cc1ccc(Nc2c3c(=O)n(C4CC4)c(=O)n(-c4nc5c(n4C)CN(C)SN5)c3c(C)c(=O)n2C)c(F)c1. The van der Waals surface area contributed by atoms with Gasteiger partial charge in [-0.25, -0.2) is 18.1 Å². The Morgan fingerprint density at radius 2 is 1.82 bits per heavy atom. The van der Waals surface area contributed by atoms with Crippen LogP contribution in [-0.2, 0) is 20.6 Å². The van der Waals surface area contributed by atoms with Crippen molar-refractivity contribution in [1.82, 2.24) is 27.6 Å². The molecule has 38 heavy (non-hydrogen) atoms. The van der Waals surface area contributed by atoms with Gasteiger partial charge in [0.25, 0.3) is 11.1 Å². The van der Waals surface area contributed by atoms with Crippen molar-refractivity contribution in [2.75, 3.05) is 17.1 Å². The Bertz CT molecular complexity index is 1830. The van der Waals surface area contributed by atoms with Crippen LogP contribution < -0.4 is 26.8 Å². The zero-order chi connectivity index (χ0) is 27.0. The molecule has 4 heterocycles. The summed E-state index contributed by atoms with van der Waals surface area (Å²) in [6.45, 7) is 3.93. The average Bonchev–Trinajstić information content (AvgIpc) is 3.66. The van der Waals surface area contributed by atoms with Crippen LogP contribution in [0.5, 0.6) is 0 Å². The maximum absolute atomic E-state index is 14.9. The number of imidazole rings is 1. The summed E-state index contributed by atoms with van der Waals surface area (Å²) in [5.41, 5.74) is 0.574. The zero-order valence-corrected chi connectivity index (χ0v) is 22.4. The third-order valence-corrected chi connectivity index (χ3v) is 7.92. The molecular formula is C25H27FN8O3S. The Balaban J connectivity index is 1.74. The molecule has 3 aromatic heterocycles. The number of rotatable bonds is 4. The van der Waals surface area contributed by atoms with Gasteiger partial charge in [0.1, 0.15) is 17.0 Å². The smallest absolute Gasteiger partial charge is 0.338 e. The molecule has 6 rings (SSSR count). The van der Waals surface area contributed by atoms with E-state index in [1.54, 1.807) is 37.6 Å². The third-order valence-electron chi connectivity index (χ3n) is 7.19. The molecule has 0 atom stereocenters. The van der Waals surface area contributed by atoms with E-state index in [-0.39, 0.29) is 40.0 Å². The second kappa shape index (κ2) is 8.60. The van der Waals surface area contributed by atoms with Gasteiger partial charge >= 0.3 is 5.69 Å². The van der Waals surface area contributed by atoms with Crippen molar-refractivity contribution < 1.29 is 4.39 Å². The number of hydrogen-bond acceptors (Lipinski definition) is 8. The van der Waals surface area contributed by atoms with Gasteiger partial charge in [-0.15, -0.1) is 0 Å². The molecule has 1 fully saturated rings. The maximum atomic E-state index is 14.9. The summed E-state index contributed by atoms with van der Waals surface area (Å²) in [5.74, 6) is 0.480. The molecule has 198 valence electrons. The molecule has 0 saturated heterocycles. The van der Waals surface area contributed by atoms with E-state index in [2.05, 4.69) is 10.0 Å². The van der Waals surface area contributed by atoms with E-state index < -0.39 is 22.6 Å². The molecule has 1 aliphatic carbocycles. The molecule has 1 aliphatic heterocycles. The average molecular weight is 539 g/mol. The number of aromatic nitrogens is 5. The van der Waals surface area contributed by atoms with Crippen LogP contribution in [0.2, 0.25) is 0 Å². The summed E-state index contributed by atoms with van der Waals surface area (Å²) in [7, 11) is 5.25. The first kappa shape index (κ1) is 24.5. The normalized spacial score (nSPS) is 15.5. The van der Waals surface area contributed by atoms with Crippen molar-refractivity contribution in [3.63, 3.8) is 0 Å². The quantitative estimate of drug-likeness (QED) is 0.382. The summed E-state index contributed by atoms with van der Waals surface area (Å²) in [6.07, 6.45) is 1.39. The Labute approximate surface area is 220 Å². The molecule has 4 aromatic rings. The monoisotopic (exact) mass is 538 g/mol. The molecular weight excluding hydrogens is 511 g/mol. The molecule has 13 heteroatoms. The molecule has 0 amide bonds. The minimum atomic E-state index is -0.555. The number of hydrogen-bond donors (Lipinski definition) is 2. The van der Waals surface area contributed by atoms with Crippen molar-refractivity contribution in [3.05, 3.63) is 72.0 Å². The Morgan fingerprint density at radius 3 is 2.50 bits per heavy atom. The van der Waals surface area contributed by atoms with Crippen LogP contribution in [0, 0.1) is 19.7 Å². The second-order valence-corrected chi connectivity index (χ2v) is 10.9. The molecule has 1 aromatic carbocycles. The first-order chi connectivity index (χ1) is 18.1. The summed E-state index contributed by atoms with van der Waals surface area (Å²) in [5, 5.41) is 3.11. The molecule has 0 radical (unpaired) electrons. The van der Waals surface area contributed by atoms with E-state index in [0.29, 0.717) is 25.2 Å². The summed E-state index contributed by atoms with van der Waals surface area (Å²) in [4.78, 5) is 46.1. The number of fused-ring (bicyclic) bond motifs is 2. The van der Waals surface area contributed by atoms with Crippen molar-refractivity contribution >= 4 is 40.4 Å². The fourth-order valence-electron chi connectivity index (χ4n) is 5.00. The first-order valence-electron chi connectivity index (χ1n) is 12.2. The molecule has 2 aliphatic rings. The highest BCUT2D eigenvalue weighted by Gasteiger charge is 2.33. The summed E-state index contributed by atoms with van der Waals surface area (Å²) < 4.78 is 25.7. The van der Waals surface area contributed by atoms with Crippen LogP contribution in [0.4, 0.5) is 21.7 Å². The fraction of sp³-hybridized carbons (Fsp3) is 0.360.